The Hall–Kier alpha value is -2.45. The number of hydrogen-bond donors (Lipinski definition) is 5. The van der Waals surface area contributed by atoms with Gasteiger partial charge in [0, 0.05) is 6.42 Å². The lowest BCUT2D eigenvalue weighted by molar-refractivity contribution is -0.143. The van der Waals surface area contributed by atoms with Crippen molar-refractivity contribution >= 4 is 17.8 Å². The summed E-state index contributed by atoms with van der Waals surface area (Å²) in [5.41, 5.74) is 6.26. The number of aliphatic hydroxyl groups excluding tert-OH is 1. The quantitative estimate of drug-likeness (QED) is 0.399. The molecule has 0 bridgehead atoms. The summed E-state index contributed by atoms with van der Waals surface area (Å²) in [5, 5.41) is 22.5. The van der Waals surface area contributed by atoms with Crippen LogP contribution in [0.3, 0.4) is 0 Å². The fraction of sp³-hybridized carbons (Fsp3) is 0.400. The molecule has 0 fully saturated rings. The predicted octanol–water partition coefficient (Wildman–Crippen LogP) is -1.38. The predicted molar refractivity (Wildman–Crippen MR) is 82.4 cm³/mol. The molecule has 0 spiro atoms. The molecule has 126 valence electrons. The fourth-order valence-corrected chi connectivity index (χ4v) is 1.82. The van der Waals surface area contributed by atoms with Crippen molar-refractivity contribution in [2.75, 3.05) is 6.61 Å². The minimum atomic E-state index is -1.44. The molecule has 0 heterocycles. The molecule has 23 heavy (non-hydrogen) atoms. The third kappa shape index (κ3) is 6.05. The van der Waals surface area contributed by atoms with Crippen molar-refractivity contribution in [1.29, 1.82) is 0 Å². The maximum atomic E-state index is 12.2. The monoisotopic (exact) mass is 323 g/mol. The zero-order chi connectivity index (χ0) is 17.4. The zero-order valence-corrected chi connectivity index (χ0v) is 12.7. The van der Waals surface area contributed by atoms with Gasteiger partial charge >= 0.3 is 5.97 Å². The molecule has 0 aliphatic carbocycles. The summed E-state index contributed by atoms with van der Waals surface area (Å²) in [4.78, 5) is 34.9. The molecule has 0 aromatic heterocycles. The first-order chi connectivity index (χ1) is 10.8. The van der Waals surface area contributed by atoms with Gasteiger partial charge in [-0.05, 0) is 12.5 Å². The van der Waals surface area contributed by atoms with E-state index in [1.807, 2.05) is 6.07 Å². The van der Waals surface area contributed by atoms with E-state index in [0.29, 0.717) is 0 Å². The summed E-state index contributed by atoms with van der Waals surface area (Å²) in [6, 6.07) is 5.69. The first-order valence-electron chi connectivity index (χ1n) is 7.09. The van der Waals surface area contributed by atoms with Gasteiger partial charge in [0.05, 0.1) is 12.6 Å². The second kappa shape index (κ2) is 8.86. The molecule has 3 unspecified atom stereocenters. The summed E-state index contributed by atoms with van der Waals surface area (Å²) in [7, 11) is 0. The van der Waals surface area contributed by atoms with Gasteiger partial charge in [-0.1, -0.05) is 30.3 Å². The van der Waals surface area contributed by atoms with Crippen molar-refractivity contribution in [3.05, 3.63) is 35.9 Å². The van der Waals surface area contributed by atoms with Gasteiger partial charge in [0.25, 0.3) is 0 Å². The van der Waals surface area contributed by atoms with E-state index in [4.69, 9.17) is 15.9 Å². The van der Waals surface area contributed by atoms with Gasteiger partial charge in [-0.15, -0.1) is 0 Å². The topological polar surface area (TPSA) is 142 Å². The SMILES string of the molecule is CC(N)C(=O)NC(Cc1ccccc1)C(=O)NC(CO)C(=O)O. The molecule has 3 atom stereocenters. The number of hydrogen-bond acceptors (Lipinski definition) is 5. The molecule has 0 aliphatic heterocycles. The van der Waals surface area contributed by atoms with Gasteiger partial charge in [-0.2, -0.15) is 0 Å². The molecule has 0 aliphatic rings. The number of amides is 2. The molecule has 1 aromatic carbocycles. The number of carbonyl (C=O) groups is 3. The molecule has 2 amide bonds. The van der Waals surface area contributed by atoms with E-state index in [1.54, 1.807) is 24.3 Å². The molecule has 0 saturated carbocycles. The molecule has 6 N–H and O–H groups in total. The van der Waals surface area contributed by atoms with E-state index in [0.717, 1.165) is 5.56 Å². The lowest BCUT2D eigenvalue weighted by Gasteiger charge is -2.21. The van der Waals surface area contributed by atoms with Crippen LogP contribution >= 0.6 is 0 Å². The van der Waals surface area contributed by atoms with Crippen molar-refractivity contribution in [1.82, 2.24) is 10.6 Å². The Bertz CT molecular complexity index is 547. The summed E-state index contributed by atoms with van der Waals surface area (Å²) < 4.78 is 0. The number of nitrogens with one attached hydrogen (secondary N) is 2. The Morgan fingerprint density at radius 2 is 1.65 bits per heavy atom. The van der Waals surface area contributed by atoms with Gasteiger partial charge in [-0.3, -0.25) is 9.59 Å². The number of carboxylic acids is 1. The first-order valence-corrected chi connectivity index (χ1v) is 7.09. The fourth-order valence-electron chi connectivity index (χ4n) is 1.82. The number of carbonyl (C=O) groups excluding carboxylic acids is 2. The summed E-state index contributed by atoms with van der Waals surface area (Å²) >= 11 is 0. The standard InChI is InChI=1S/C15H21N3O5/c1-9(16)13(20)17-11(7-10-5-3-2-4-6-10)14(21)18-12(8-19)15(22)23/h2-6,9,11-12,19H,7-8,16H2,1H3,(H,17,20)(H,18,21)(H,22,23). The second-order valence-electron chi connectivity index (χ2n) is 5.12. The lowest BCUT2D eigenvalue weighted by atomic mass is 10.0. The molecular weight excluding hydrogens is 302 g/mol. The van der Waals surface area contributed by atoms with Crippen LogP contribution in [0.15, 0.2) is 30.3 Å². The third-order valence-electron chi connectivity index (χ3n) is 3.13. The largest absolute Gasteiger partial charge is 0.480 e. The van der Waals surface area contributed by atoms with Crippen LogP contribution in [0.5, 0.6) is 0 Å². The second-order valence-corrected chi connectivity index (χ2v) is 5.12. The van der Waals surface area contributed by atoms with Crippen LogP contribution in [-0.2, 0) is 20.8 Å². The Labute approximate surface area is 133 Å². The van der Waals surface area contributed by atoms with Gasteiger partial charge in [0.1, 0.15) is 12.1 Å². The zero-order valence-electron chi connectivity index (χ0n) is 12.7. The summed E-state index contributed by atoms with van der Waals surface area (Å²) in [6.45, 7) is 0.723. The summed E-state index contributed by atoms with van der Waals surface area (Å²) in [6.07, 6.45) is 0.170. The first kappa shape index (κ1) is 18.6. The highest BCUT2D eigenvalue weighted by molar-refractivity contribution is 5.91. The number of rotatable bonds is 8. The van der Waals surface area contributed by atoms with Gasteiger partial charge in [0.2, 0.25) is 11.8 Å². The molecule has 0 saturated heterocycles. The van der Waals surface area contributed by atoms with E-state index in [9.17, 15) is 14.4 Å². The molecular formula is C15H21N3O5. The Morgan fingerprint density at radius 1 is 1.09 bits per heavy atom. The van der Waals surface area contributed by atoms with Crippen LogP contribution in [0, 0.1) is 0 Å². The highest BCUT2D eigenvalue weighted by atomic mass is 16.4. The van der Waals surface area contributed by atoms with Crippen LogP contribution < -0.4 is 16.4 Å². The van der Waals surface area contributed by atoms with Crippen LogP contribution in [0.2, 0.25) is 0 Å². The number of aliphatic carboxylic acids is 1. The minimum absolute atomic E-state index is 0.170. The molecule has 8 nitrogen and oxygen atoms in total. The molecule has 0 radical (unpaired) electrons. The van der Waals surface area contributed by atoms with Crippen LogP contribution in [-0.4, -0.2) is 52.7 Å². The average molecular weight is 323 g/mol. The highest BCUT2D eigenvalue weighted by Crippen LogP contribution is 2.04. The van der Waals surface area contributed by atoms with Gasteiger partial charge in [0.15, 0.2) is 0 Å². The van der Waals surface area contributed by atoms with E-state index >= 15 is 0 Å². The van der Waals surface area contributed by atoms with E-state index in [1.165, 1.54) is 6.92 Å². The average Bonchev–Trinajstić information content (AvgIpc) is 2.52. The Kier molecular flexibility index (Phi) is 7.17. The molecule has 8 heteroatoms. The maximum Gasteiger partial charge on any atom is 0.328 e. The van der Waals surface area contributed by atoms with Gasteiger partial charge < -0.3 is 26.6 Å². The lowest BCUT2D eigenvalue weighted by Crippen LogP contribution is -2.55. The van der Waals surface area contributed by atoms with Crippen LogP contribution in [0.4, 0.5) is 0 Å². The van der Waals surface area contributed by atoms with Crippen LogP contribution in [0.1, 0.15) is 12.5 Å². The van der Waals surface area contributed by atoms with Gasteiger partial charge in [-0.25, -0.2) is 4.79 Å². The number of nitrogens with two attached hydrogens (primary N) is 1. The van der Waals surface area contributed by atoms with Crippen molar-refractivity contribution < 1.29 is 24.6 Å². The Morgan fingerprint density at radius 3 is 2.13 bits per heavy atom. The number of carboxylic acid groups (broad SMARTS) is 1. The van der Waals surface area contributed by atoms with Crippen molar-refractivity contribution in [2.24, 2.45) is 5.73 Å². The van der Waals surface area contributed by atoms with E-state index < -0.39 is 42.5 Å². The highest BCUT2D eigenvalue weighted by Gasteiger charge is 2.27. The third-order valence-corrected chi connectivity index (χ3v) is 3.13. The van der Waals surface area contributed by atoms with E-state index in [2.05, 4.69) is 10.6 Å². The normalized spacial score (nSPS) is 14.4. The van der Waals surface area contributed by atoms with E-state index in [-0.39, 0.29) is 6.42 Å². The maximum absolute atomic E-state index is 12.2. The summed E-state index contributed by atoms with van der Waals surface area (Å²) in [5.74, 6) is -2.60. The smallest absolute Gasteiger partial charge is 0.328 e. The van der Waals surface area contributed by atoms with Crippen molar-refractivity contribution in [3.63, 3.8) is 0 Å². The molecule has 1 rings (SSSR count). The minimum Gasteiger partial charge on any atom is -0.480 e. The molecule has 1 aromatic rings. The number of aliphatic hydroxyl groups is 1. The number of benzene rings is 1. The van der Waals surface area contributed by atoms with Crippen molar-refractivity contribution in [3.8, 4) is 0 Å². The van der Waals surface area contributed by atoms with Crippen molar-refractivity contribution in [2.45, 2.75) is 31.5 Å². The Balaban J connectivity index is 2.87. The van der Waals surface area contributed by atoms with Crippen LogP contribution in [0.25, 0.3) is 0 Å².